The largest absolute Gasteiger partial charge is 0.378 e. The molecule has 0 aromatic rings. The molecule has 2 N–H and O–H groups in total. The zero-order chi connectivity index (χ0) is 8.51. The first-order chi connectivity index (χ1) is 5.68. The first-order valence-corrected chi connectivity index (χ1v) is 4.70. The smallest absolute Gasteiger partial charge is 0.0912 e. The van der Waals surface area contributed by atoms with Crippen LogP contribution in [0.4, 0.5) is 0 Å². The molecular formula is C9H16N2O. The second-order valence-corrected chi connectivity index (χ2v) is 4.69. The van der Waals surface area contributed by atoms with Crippen molar-refractivity contribution in [2.75, 3.05) is 20.7 Å². The van der Waals surface area contributed by atoms with Crippen LogP contribution in [0.5, 0.6) is 0 Å². The molecule has 3 heteroatoms. The minimum atomic E-state index is 0.0504. The topological polar surface area (TPSA) is 38.5 Å². The number of nitrogens with zero attached hydrogens (tertiary/aromatic N) is 1. The predicted molar refractivity (Wildman–Crippen MR) is 45.7 cm³/mol. The minimum absolute atomic E-state index is 0.0504. The zero-order valence-corrected chi connectivity index (χ0v) is 7.66. The van der Waals surface area contributed by atoms with Crippen LogP contribution >= 0.6 is 0 Å². The fourth-order valence-electron chi connectivity index (χ4n) is 3.82. The summed E-state index contributed by atoms with van der Waals surface area (Å²) in [6.07, 6.45) is 1.48. The van der Waals surface area contributed by atoms with Crippen molar-refractivity contribution in [2.45, 2.75) is 24.1 Å². The van der Waals surface area contributed by atoms with Crippen molar-refractivity contribution in [1.82, 2.24) is 4.90 Å². The molecule has 1 heterocycles. The van der Waals surface area contributed by atoms with Gasteiger partial charge in [0.15, 0.2) is 0 Å². The molecule has 5 atom stereocenters. The number of rotatable bonds is 1. The van der Waals surface area contributed by atoms with Gasteiger partial charge in [0, 0.05) is 31.2 Å². The Bertz CT molecular complexity index is 233. The van der Waals surface area contributed by atoms with Gasteiger partial charge < -0.3 is 15.4 Å². The van der Waals surface area contributed by atoms with Gasteiger partial charge in [-0.2, -0.15) is 0 Å². The van der Waals surface area contributed by atoms with Crippen LogP contribution in [-0.2, 0) is 4.74 Å². The van der Waals surface area contributed by atoms with Crippen LogP contribution in [0, 0.1) is 11.8 Å². The van der Waals surface area contributed by atoms with E-state index in [2.05, 4.69) is 11.9 Å². The Kier molecular flexibility index (Phi) is 1.13. The number of hydrogen-bond donors (Lipinski definition) is 1. The molecular weight excluding hydrogens is 152 g/mol. The van der Waals surface area contributed by atoms with E-state index in [1.807, 2.05) is 0 Å². The monoisotopic (exact) mass is 168 g/mol. The van der Waals surface area contributed by atoms with Crippen molar-refractivity contribution in [3.05, 3.63) is 0 Å². The summed E-state index contributed by atoms with van der Waals surface area (Å²) in [5.41, 5.74) is 6.29. The number of likely N-dealkylation sites (tertiary alicyclic amines) is 1. The summed E-state index contributed by atoms with van der Waals surface area (Å²) in [5.74, 6) is 1.61. The van der Waals surface area contributed by atoms with Crippen molar-refractivity contribution in [3.63, 3.8) is 0 Å². The lowest BCUT2D eigenvalue weighted by molar-refractivity contribution is -0.181. The summed E-state index contributed by atoms with van der Waals surface area (Å²) < 4.78 is 5.46. The molecule has 2 saturated carbocycles. The van der Waals surface area contributed by atoms with Gasteiger partial charge in [0.25, 0.3) is 0 Å². The molecule has 1 aliphatic heterocycles. The van der Waals surface area contributed by atoms with Crippen molar-refractivity contribution in [3.8, 4) is 0 Å². The van der Waals surface area contributed by atoms with Gasteiger partial charge in [0.05, 0.1) is 6.10 Å². The van der Waals surface area contributed by atoms with Crippen molar-refractivity contribution in [2.24, 2.45) is 17.6 Å². The summed E-state index contributed by atoms with van der Waals surface area (Å²) in [6.45, 7) is 1.23. The van der Waals surface area contributed by atoms with Gasteiger partial charge in [-0.1, -0.05) is 0 Å². The van der Waals surface area contributed by atoms with Gasteiger partial charge in [-0.05, 0) is 19.4 Å². The maximum absolute atomic E-state index is 6.24. The maximum Gasteiger partial charge on any atom is 0.0912 e. The minimum Gasteiger partial charge on any atom is -0.378 e. The van der Waals surface area contributed by atoms with Crippen LogP contribution in [0.25, 0.3) is 0 Å². The van der Waals surface area contributed by atoms with Gasteiger partial charge in [-0.3, -0.25) is 0 Å². The summed E-state index contributed by atoms with van der Waals surface area (Å²) in [6, 6.07) is 0.624. The quantitative estimate of drug-likeness (QED) is 0.582. The molecule has 0 aromatic carbocycles. The molecule has 68 valence electrons. The third kappa shape index (κ3) is 0.515. The number of methoxy groups -OCH3 is 1. The Labute approximate surface area is 72.9 Å². The van der Waals surface area contributed by atoms with Crippen LogP contribution < -0.4 is 5.73 Å². The molecule has 2 aliphatic carbocycles. The van der Waals surface area contributed by atoms with Crippen molar-refractivity contribution in [1.29, 1.82) is 0 Å². The molecule has 0 aromatic heterocycles. The van der Waals surface area contributed by atoms with E-state index in [9.17, 15) is 0 Å². The SMILES string of the molecule is COC1C2C3C(CN2C)CC13N. The summed E-state index contributed by atoms with van der Waals surface area (Å²) >= 11 is 0. The number of hydrogen-bond acceptors (Lipinski definition) is 3. The predicted octanol–water partition coefficient (Wildman–Crippen LogP) is -0.337. The molecule has 0 radical (unpaired) electrons. The van der Waals surface area contributed by atoms with Crippen LogP contribution in [-0.4, -0.2) is 43.3 Å². The van der Waals surface area contributed by atoms with Crippen molar-refractivity contribution < 1.29 is 4.74 Å². The van der Waals surface area contributed by atoms with E-state index in [4.69, 9.17) is 10.5 Å². The van der Waals surface area contributed by atoms with Crippen LogP contribution in [0.1, 0.15) is 6.42 Å². The Hall–Kier alpha value is -0.120. The van der Waals surface area contributed by atoms with Crippen LogP contribution in [0.2, 0.25) is 0 Å². The van der Waals surface area contributed by atoms with Gasteiger partial charge in [0.1, 0.15) is 0 Å². The fraction of sp³-hybridized carbons (Fsp3) is 1.00. The van der Waals surface area contributed by atoms with E-state index in [1.54, 1.807) is 7.11 Å². The molecule has 5 unspecified atom stereocenters. The standard InChI is InChI=1S/C9H16N2O/c1-11-4-5-3-9(10)6(5)7(11)8(9)12-2/h5-8H,3-4,10H2,1-2H3. The number of nitrogens with two attached hydrogens (primary N) is 1. The average Bonchev–Trinajstić information content (AvgIpc) is 2.16. The first-order valence-electron chi connectivity index (χ1n) is 4.70. The van der Waals surface area contributed by atoms with Gasteiger partial charge in [0.2, 0.25) is 0 Å². The lowest BCUT2D eigenvalue weighted by Gasteiger charge is -2.65. The normalized spacial score (nSPS) is 62.2. The molecule has 1 saturated heterocycles. The Morgan fingerprint density at radius 1 is 1.58 bits per heavy atom. The molecule has 0 amide bonds. The highest BCUT2D eigenvalue weighted by molar-refractivity contribution is 5.30. The lowest BCUT2D eigenvalue weighted by Crippen LogP contribution is -2.82. The Morgan fingerprint density at radius 2 is 2.33 bits per heavy atom. The van der Waals surface area contributed by atoms with Gasteiger partial charge >= 0.3 is 0 Å². The molecule has 12 heavy (non-hydrogen) atoms. The first kappa shape index (κ1) is 7.30. The summed E-state index contributed by atoms with van der Waals surface area (Å²) in [7, 11) is 3.98. The van der Waals surface area contributed by atoms with Crippen molar-refractivity contribution >= 4 is 0 Å². The van der Waals surface area contributed by atoms with Crippen LogP contribution in [0.15, 0.2) is 0 Å². The molecule has 3 rings (SSSR count). The second kappa shape index (κ2) is 1.86. The Morgan fingerprint density at radius 3 is 3.00 bits per heavy atom. The highest BCUT2D eigenvalue weighted by atomic mass is 16.5. The second-order valence-electron chi connectivity index (χ2n) is 4.69. The summed E-state index contributed by atoms with van der Waals surface area (Å²) in [4.78, 5) is 2.42. The third-order valence-corrected chi connectivity index (χ3v) is 4.24. The third-order valence-electron chi connectivity index (χ3n) is 4.24. The Balaban J connectivity index is 1.91. The van der Waals surface area contributed by atoms with Gasteiger partial charge in [-0.15, -0.1) is 0 Å². The molecule has 3 fully saturated rings. The van der Waals surface area contributed by atoms with E-state index < -0.39 is 0 Å². The zero-order valence-electron chi connectivity index (χ0n) is 7.66. The molecule has 3 aliphatic rings. The highest BCUT2D eigenvalue weighted by Gasteiger charge is 2.74. The van der Waals surface area contributed by atoms with E-state index in [0.29, 0.717) is 12.1 Å². The molecule has 3 nitrogen and oxygen atoms in total. The van der Waals surface area contributed by atoms with E-state index in [0.717, 1.165) is 11.8 Å². The van der Waals surface area contributed by atoms with Gasteiger partial charge in [-0.25, -0.2) is 0 Å². The maximum atomic E-state index is 6.24. The van der Waals surface area contributed by atoms with E-state index >= 15 is 0 Å². The molecule has 0 spiro atoms. The fourth-order valence-corrected chi connectivity index (χ4v) is 3.82. The highest BCUT2D eigenvalue weighted by Crippen LogP contribution is 2.62. The summed E-state index contributed by atoms with van der Waals surface area (Å²) in [5, 5.41) is 0. The van der Waals surface area contributed by atoms with Crippen LogP contribution in [0.3, 0.4) is 0 Å². The average molecular weight is 168 g/mol. The number of likely N-dealkylation sites (N-methyl/N-ethyl adjacent to an activating group) is 1. The molecule has 0 bridgehead atoms. The van der Waals surface area contributed by atoms with E-state index in [-0.39, 0.29) is 5.54 Å². The number of ether oxygens (including phenoxy) is 1. The van der Waals surface area contributed by atoms with E-state index in [1.165, 1.54) is 13.0 Å². The lowest BCUT2D eigenvalue weighted by atomic mass is 9.46.